The molecule has 1 unspecified atom stereocenters. The molecule has 0 spiro atoms. The molecule has 0 bridgehead atoms. The normalized spacial score (nSPS) is 12.5. The predicted molar refractivity (Wildman–Crippen MR) is 58.1 cm³/mol. The van der Waals surface area contributed by atoms with Crippen LogP contribution in [0, 0.1) is 6.57 Å². The summed E-state index contributed by atoms with van der Waals surface area (Å²) in [4.78, 5) is 3.58. The Morgan fingerprint density at radius 2 is 2.27 bits per heavy atom. The van der Waals surface area contributed by atoms with Gasteiger partial charge in [0.2, 0.25) is 0 Å². The summed E-state index contributed by atoms with van der Waals surface area (Å²) >= 11 is 0. The standard InChI is InChI=1S/C11H12N4/c1-3-6-11(12-2)15-10-8-5-4-7-9(10)13-14-15/h4-5,7-8,11H,3,6H2,1H3. The topological polar surface area (TPSA) is 35.1 Å². The smallest absolute Gasteiger partial charge is 0.288 e. The van der Waals surface area contributed by atoms with E-state index in [2.05, 4.69) is 22.1 Å². The van der Waals surface area contributed by atoms with Gasteiger partial charge >= 0.3 is 6.17 Å². The van der Waals surface area contributed by atoms with E-state index in [-0.39, 0.29) is 6.17 Å². The lowest BCUT2D eigenvalue weighted by molar-refractivity contribution is 0.494. The summed E-state index contributed by atoms with van der Waals surface area (Å²) in [5.41, 5.74) is 1.79. The van der Waals surface area contributed by atoms with Crippen molar-refractivity contribution in [3.8, 4) is 0 Å². The summed E-state index contributed by atoms with van der Waals surface area (Å²) in [6, 6.07) is 7.72. The Bertz CT molecular complexity index is 495. The third-order valence-corrected chi connectivity index (χ3v) is 2.36. The van der Waals surface area contributed by atoms with Crippen LogP contribution in [-0.2, 0) is 0 Å². The molecule has 0 saturated heterocycles. The zero-order chi connectivity index (χ0) is 10.7. The van der Waals surface area contributed by atoms with Crippen LogP contribution in [-0.4, -0.2) is 15.0 Å². The van der Waals surface area contributed by atoms with Gasteiger partial charge in [-0.3, -0.25) is 4.85 Å². The van der Waals surface area contributed by atoms with Crippen LogP contribution < -0.4 is 0 Å². The van der Waals surface area contributed by atoms with Crippen molar-refractivity contribution in [1.29, 1.82) is 0 Å². The van der Waals surface area contributed by atoms with Crippen LogP contribution in [0.2, 0.25) is 0 Å². The molecule has 0 aliphatic carbocycles. The fourth-order valence-electron chi connectivity index (χ4n) is 1.61. The van der Waals surface area contributed by atoms with Crippen molar-refractivity contribution in [2.75, 3.05) is 0 Å². The van der Waals surface area contributed by atoms with E-state index in [9.17, 15) is 0 Å². The van der Waals surface area contributed by atoms with Crippen LogP contribution in [0.4, 0.5) is 0 Å². The number of rotatable bonds is 3. The number of nitrogens with zero attached hydrogens (tertiary/aromatic N) is 4. The van der Waals surface area contributed by atoms with Gasteiger partial charge < -0.3 is 0 Å². The summed E-state index contributed by atoms with van der Waals surface area (Å²) in [5.74, 6) is 0. The van der Waals surface area contributed by atoms with Crippen molar-refractivity contribution in [2.45, 2.75) is 25.9 Å². The molecule has 0 aliphatic heterocycles. The molecule has 0 aliphatic rings. The van der Waals surface area contributed by atoms with Gasteiger partial charge in [-0.05, 0) is 18.6 Å². The summed E-state index contributed by atoms with van der Waals surface area (Å²) in [7, 11) is 0. The summed E-state index contributed by atoms with van der Waals surface area (Å²) in [6.45, 7) is 9.22. The predicted octanol–water partition coefficient (Wildman–Crippen LogP) is 2.65. The van der Waals surface area contributed by atoms with E-state index in [1.165, 1.54) is 0 Å². The second-order valence-corrected chi connectivity index (χ2v) is 3.42. The average molecular weight is 200 g/mol. The highest BCUT2D eigenvalue weighted by molar-refractivity contribution is 5.74. The molecular weight excluding hydrogens is 188 g/mol. The minimum absolute atomic E-state index is 0.220. The van der Waals surface area contributed by atoms with E-state index in [1.807, 2.05) is 24.3 Å². The number of fused-ring (bicyclic) bond motifs is 1. The monoisotopic (exact) mass is 200 g/mol. The maximum absolute atomic E-state index is 7.15. The fourth-order valence-corrected chi connectivity index (χ4v) is 1.61. The lowest BCUT2D eigenvalue weighted by Crippen LogP contribution is -2.06. The maximum atomic E-state index is 7.15. The van der Waals surface area contributed by atoms with Crippen LogP contribution in [0.5, 0.6) is 0 Å². The molecule has 2 aromatic rings. The largest absolute Gasteiger partial charge is 0.318 e. The lowest BCUT2D eigenvalue weighted by atomic mass is 10.2. The van der Waals surface area contributed by atoms with Gasteiger partial charge in [-0.15, -0.1) is 5.10 Å². The van der Waals surface area contributed by atoms with Crippen molar-refractivity contribution in [1.82, 2.24) is 15.0 Å². The molecule has 0 saturated carbocycles. The Hall–Kier alpha value is -1.89. The van der Waals surface area contributed by atoms with Gasteiger partial charge in [-0.25, -0.2) is 6.57 Å². The molecule has 2 rings (SSSR count). The van der Waals surface area contributed by atoms with Crippen LogP contribution in [0.25, 0.3) is 15.9 Å². The zero-order valence-electron chi connectivity index (χ0n) is 8.59. The van der Waals surface area contributed by atoms with E-state index in [0.29, 0.717) is 0 Å². The Morgan fingerprint density at radius 3 is 3.00 bits per heavy atom. The Morgan fingerprint density at radius 1 is 1.47 bits per heavy atom. The second-order valence-electron chi connectivity index (χ2n) is 3.42. The van der Waals surface area contributed by atoms with E-state index < -0.39 is 0 Å². The summed E-state index contributed by atoms with van der Waals surface area (Å²) < 4.78 is 1.71. The van der Waals surface area contributed by atoms with Gasteiger partial charge in [-0.2, -0.15) is 4.68 Å². The third kappa shape index (κ3) is 1.68. The van der Waals surface area contributed by atoms with Crippen molar-refractivity contribution >= 4 is 11.0 Å². The Balaban J connectivity index is 2.47. The molecule has 1 atom stereocenters. The molecule has 1 aromatic carbocycles. The summed E-state index contributed by atoms with van der Waals surface area (Å²) in [6.07, 6.45) is 1.57. The molecule has 1 aromatic heterocycles. The zero-order valence-corrected chi connectivity index (χ0v) is 8.59. The molecule has 0 fully saturated rings. The molecular formula is C11H12N4. The summed E-state index contributed by atoms with van der Waals surface area (Å²) in [5, 5.41) is 8.08. The number of para-hydroxylation sites is 1. The highest BCUT2D eigenvalue weighted by Crippen LogP contribution is 2.19. The molecule has 76 valence electrons. The Kier molecular flexibility index (Phi) is 2.64. The Labute approximate surface area is 88.3 Å². The number of hydrogen-bond acceptors (Lipinski definition) is 2. The van der Waals surface area contributed by atoms with Crippen molar-refractivity contribution in [3.63, 3.8) is 0 Å². The minimum Gasteiger partial charge on any atom is -0.288 e. The first-order valence-corrected chi connectivity index (χ1v) is 5.03. The van der Waals surface area contributed by atoms with E-state index >= 15 is 0 Å². The van der Waals surface area contributed by atoms with Crippen molar-refractivity contribution < 1.29 is 0 Å². The first-order chi connectivity index (χ1) is 7.36. The molecule has 15 heavy (non-hydrogen) atoms. The maximum Gasteiger partial charge on any atom is 0.318 e. The molecule has 4 nitrogen and oxygen atoms in total. The van der Waals surface area contributed by atoms with Gasteiger partial charge in [0.25, 0.3) is 0 Å². The third-order valence-electron chi connectivity index (χ3n) is 2.36. The second kappa shape index (κ2) is 4.09. The van der Waals surface area contributed by atoms with Crippen molar-refractivity contribution in [2.24, 2.45) is 0 Å². The highest BCUT2D eigenvalue weighted by atomic mass is 15.5. The van der Waals surface area contributed by atoms with Gasteiger partial charge in [0.15, 0.2) is 0 Å². The van der Waals surface area contributed by atoms with Crippen LogP contribution in [0.3, 0.4) is 0 Å². The number of benzene rings is 1. The minimum atomic E-state index is -0.220. The van der Waals surface area contributed by atoms with E-state index in [0.717, 1.165) is 23.9 Å². The number of aromatic nitrogens is 3. The SMILES string of the molecule is [C-]#[N+]C(CCC)n1nnc2ccccc21. The lowest BCUT2D eigenvalue weighted by Gasteiger charge is -2.03. The fraction of sp³-hybridized carbons (Fsp3) is 0.364. The van der Waals surface area contributed by atoms with Gasteiger partial charge in [0, 0.05) is 6.42 Å². The molecule has 1 heterocycles. The van der Waals surface area contributed by atoms with E-state index in [4.69, 9.17) is 6.57 Å². The molecule has 4 heteroatoms. The molecule has 0 radical (unpaired) electrons. The highest BCUT2D eigenvalue weighted by Gasteiger charge is 2.17. The molecule has 0 N–H and O–H groups in total. The van der Waals surface area contributed by atoms with Gasteiger partial charge in [-0.1, -0.05) is 24.3 Å². The number of hydrogen-bond donors (Lipinski definition) is 0. The van der Waals surface area contributed by atoms with Crippen LogP contribution in [0.1, 0.15) is 25.9 Å². The quantitative estimate of drug-likeness (QED) is 0.714. The first-order valence-electron chi connectivity index (χ1n) is 5.03. The first kappa shape index (κ1) is 9.66. The van der Waals surface area contributed by atoms with Crippen molar-refractivity contribution in [3.05, 3.63) is 35.7 Å². The average Bonchev–Trinajstić information content (AvgIpc) is 2.70. The van der Waals surface area contributed by atoms with Gasteiger partial charge in [0.1, 0.15) is 5.52 Å². The van der Waals surface area contributed by atoms with E-state index in [1.54, 1.807) is 4.68 Å². The van der Waals surface area contributed by atoms with Crippen LogP contribution >= 0.6 is 0 Å². The molecule has 0 amide bonds. The van der Waals surface area contributed by atoms with Crippen LogP contribution in [0.15, 0.2) is 24.3 Å². The van der Waals surface area contributed by atoms with Gasteiger partial charge in [0.05, 0.1) is 5.52 Å².